The van der Waals surface area contributed by atoms with Crippen molar-refractivity contribution in [2.24, 2.45) is 7.05 Å². The number of nitrogens with zero attached hydrogens (tertiary/aromatic N) is 3. The van der Waals surface area contributed by atoms with Crippen molar-refractivity contribution in [1.82, 2.24) is 14.8 Å². The maximum absolute atomic E-state index is 5.88. The summed E-state index contributed by atoms with van der Waals surface area (Å²) in [5.41, 5.74) is 7.73. The van der Waals surface area contributed by atoms with Crippen LogP contribution in [0.1, 0.15) is 11.9 Å². The number of aromatic nitrogens is 3. The first-order valence-electron chi connectivity index (χ1n) is 4.45. The number of hydrogen-bond donors (Lipinski definition) is 1. The molecule has 2 aromatic heterocycles. The van der Waals surface area contributed by atoms with Gasteiger partial charge in [0.15, 0.2) is 0 Å². The topological polar surface area (TPSA) is 56.7 Å². The van der Waals surface area contributed by atoms with Crippen LogP contribution < -0.4 is 5.73 Å². The zero-order chi connectivity index (χ0) is 10.1. The molecule has 14 heavy (non-hydrogen) atoms. The van der Waals surface area contributed by atoms with Gasteiger partial charge in [-0.2, -0.15) is 5.10 Å². The molecule has 5 heteroatoms. The monoisotopic (exact) mass is 208 g/mol. The van der Waals surface area contributed by atoms with Crippen LogP contribution in [0.5, 0.6) is 0 Å². The van der Waals surface area contributed by atoms with Crippen molar-refractivity contribution < 1.29 is 0 Å². The van der Waals surface area contributed by atoms with Gasteiger partial charge in [0.1, 0.15) is 10.7 Å². The molecule has 2 N–H and O–H groups in total. The molecule has 0 fully saturated rings. The lowest BCUT2D eigenvalue weighted by molar-refractivity contribution is 0.768. The fraction of sp³-hybridized carbons (Fsp3) is 0.333. The largest absolute Gasteiger partial charge is 0.389 e. The molecule has 0 bridgehead atoms. The van der Waals surface area contributed by atoms with Crippen molar-refractivity contribution in [2.45, 2.75) is 13.3 Å². The molecular formula is C9H12N4S. The van der Waals surface area contributed by atoms with Gasteiger partial charge in [0, 0.05) is 18.8 Å². The molecule has 0 unspecified atom stereocenters. The molecule has 0 saturated carbocycles. The van der Waals surface area contributed by atoms with Gasteiger partial charge in [-0.25, -0.2) is 4.98 Å². The number of rotatable bonds is 2. The molecule has 0 spiro atoms. The Morgan fingerprint density at radius 2 is 2.36 bits per heavy atom. The number of aryl methyl sites for hydroxylation is 2. The van der Waals surface area contributed by atoms with E-state index in [-0.39, 0.29) is 0 Å². The van der Waals surface area contributed by atoms with Crippen LogP contribution in [0, 0.1) is 0 Å². The van der Waals surface area contributed by atoms with E-state index in [1.54, 1.807) is 22.2 Å². The SMILES string of the molecule is CCc1nc(-c2cnn(C)c2)c(N)s1. The van der Waals surface area contributed by atoms with Gasteiger partial charge in [-0.15, -0.1) is 11.3 Å². The first-order valence-corrected chi connectivity index (χ1v) is 5.26. The van der Waals surface area contributed by atoms with Crippen molar-refractivity contribution in [3.05, 3.63) is 17.4 Å². The Bertz CT molecular complexity index is 443. The van der Waals surface area contributed by atoms with Crippen molar-refractivity contribution in [2.75, 3.05) is 5.73 Å². The summed E-state index contributed by atoms with van der Waals surface area (Å²) in [6.07, 6.45) is 4.63. The molecule has 0 aliphatic heterocycles. The van der Waals surface area contributed by atoms with Gasteiger partial charge in [0.25, 0.3) is 0 Å². The molecule has 2 rings (SSSR count). The average molecular weight is 208 g/mol. The lowest BCUT2D eigenvalue weighted by atomic mass is 10.3. The highest BCUT2D eigenvalue weighted by atomic mass is 32.1. The quantitative estimate of drug-likeness (QED) is 0.817. The second kappa shape index (κ2) is 3.42. The van der Waals surface area contributed by atoms with Crippen LogP contribution in [0.4, 0.5) is 5.00 Å². The van der Waals surface area contributed by atoms with Crippen molar-refractivity contribution in [1.29, 1.82) is 0 Å². The number of thiazole rings is 1. The van der Waals surface area contributed by atoms with E-state index >= 15 is 0 Å². The highest BCUT2D eigenvalue weighted by molar-refractivity contribution is 7.16. The summed E-state index contributed by atoms with van der Waals surface area (Å²) in [7, 11) is 1.88. The molecule has 2 heterocycles. The van der Waals surface area contributed by atoms with Gasteiger partial charge in [-0.3, -0.25) is 4.68 Å². The molecule has 0 radical (unpaired) electrons. The third kappa shape index (κ3) is 1.50. The van der Waals surface area contributed by atoms with Crippen LogP contribution in [-0.4, -0.2) is 14.8 Å². The Morgan fingerprint density at radius 1 is 1.57 bits per heavy atom. The smallest absolute Gasteiger partial charge is 0.114 e. The van der Waals surface area contributed by atoms with Gasteiger partial charge < -0.3 is 5.73 Å². The van der Waals surface area contributed by atoms with Crippen LogP contribution in [0.2, 0.25) is 0 Å². The number of nitrogens with two attached hydrogens (primary N) is 1. The van der Waals surface area contributed by atoms with E-state index in [4.69, 9.17) is 5.73 Å². The van der Waals surface area contributed by atoms with Crippen LogP contribution in [0.3, 0.4) is 0 Å². The van der Waals surface area contributed by atoms with Gasteiger partial charge in [-0.05, 0) is 6.42 Å². The number of anilines is 1. The molecule has 0 aliphatic carbocycles. The summed E-state index contributed by atoms with van der Waals surface area (Å²) in [5.74, 6) is 0. The van der Waals surface area contributed by atoms with Crippen LogP contribution in [0.25, 0.3) is 11.3 Å². The molecule has 0 aliphatic rings. The maximum atomic E-state index is 5.88. The Morgan fingerprint density at radius 3 is 2.86 bits per heavy atom. The van der Waals surface area contributed by atoms with E-state index in [0.717, 1.165) is 27.7 Å². The third-order valence-electron chi connectivity index (χ3n) is 1.98. The summed E-state index contributed by atoms with van der Waals surface area (Å²) >= 11 is 1.55. The third-order valence-corrected chi connectivity index (χ3v) is 3.01. The minimum absolute atomic E-state index is 0.773. The summed E-state index contributed by atoms with van der Waals surface area (Å²) in [5, 5.41) is 5.94. The molecule has 2 aromatic rings. The van der Waals surface area contributed by atoms with E-state index in [1.807, 2.05) is 13.2 Å². The zero-order valence-electron chi connectivity index (χ0n) is 8.19. The molecule has 0 aromatic carbocycles. The summed E-state index contributed by atoms with van der Waals surface area (Å²) in [6, 6.07) is 0. The standard InChI is InChI=1S/C9H12N4S/c1-3-7-12-8(9(10)14-7)6-4-11-13(2)5-6/h4-5H,3,10H2,1-2H3. The van der Waals surface area contributed by atoms with E-state index in [1.165, 1.54) is 0 Å². The first kappa shape index (κ1) is 9.21. The summed E-state index contributed by atoms with van der Waals surface area (Å²) in [4.78, 5) is 4.45. The second-order valence-electron chi connectivity index (χ2n) is 3.08. The Labute approximate surface area is 86.4 Å². The normalized spacial score (nSPS) is 10.7. The minimum atomic E-state index is 0.773. The van der Waals surface area contributed by atoms with Gasteiger partial charge in [-0.1, -0.05) is 6.92 Å². The zero-order valence-corrected chi connectivity index (χ0v) is 9.01. The molecule has 4 nitrogen and oxygen atoms in total. The highest BCUT2D eigenvalue weighted by Crippen LogP contribution is 2.30. The van der Waals surface area contributed by atoms with Crippen LogP contribution >= 0.6 is 11.3 Å². The van der Waals surface area contributed by atoms with E-state index in [9.17, 15) is 0 Å². The average Bonchev–Trinajstić information content (AvgIpc) is 2.71. The van der Waals surface area contributed by atoms with Crippen molar-refractivity contribution in [3.63, 3.8) is 0 Å². The minimum Gasteiger partial charge on any atom is -0.389 e. The predicted octanol–water partition coefficient (Wildman–Crippen LogP) is 1.69. The Kier molecular flexibility index (Phi) is 2.25. The number of nitrogen functional groups attached to an aromatic ring is 1. The van der Waals surface area contributed by atoms with E-state index in [0.29, 0.717) is 0 Å². The van der Waals surface area contributed by atoms with Gasteiger partial charge in [0.2, 0.25) is 0 Å². The lowest BCUT2D eigenvalue weighted by Crippen LogP contribution is -1.86. The second-order valence-corrected chi connectivity index (χ2v) is 4.19. The summed E-state index contributed by atoms with van der Waals surface area (Å²) in [6.45, 7) is 2.07. The van der Waals surface area contributed by atoms with Crippen LogP contribution in [0.15, 0.2) is 12.4 Å². The molecule has 0 amide bonds. The van der Waals surface area contributed by atoms with Crippen molar-refractivity contribution in [3.8, 4) is 11.3 Å². The number of hydrogen-bond acceptors (Lipinski definition) is 4. The fourth-order valence-electron chi connectivity index (χ4n) is 1.28. The van der Waals surface area contributed by atoms with E-state index in [2.05, 4.69) is 17.0 Å². The van der Waals surface area contributed by atoms with Gasteiger partial charge >= 0.3 is 0 Å². The Balaban J connectivity index is 2.45. The predicted molar refractivity (Wildman–Crippen MR) is 58.1 cm³/mol. The fourth-order valence-corrected chi connectivity index (χ4v) is 2.07. The first-order chi connectivity index (χ1) is 6.70. The van der Waals surface area contributed by atoms with Gasteiger partial charge in [0.05, 0.1) is 11.2 Å². The molecular weight excluding hydrogens is 196 g/mol. The summed E-state index contributed by atoms with van der Waals surface area (Å²) < 4.78 is 1.75. The maximum Gasteiger partial charge on any atom is 0.114 e. The lowest BCUT2D eigenvalue weighted by Gasteiger charge is -1.90. The van der Waals surface area contributed by atoms with Crippen molar-refractivity contribution >= 4 is 16.3 Å². The van der Waals surface area contributed by atoms with E-state index < -0.39 is 0 Å². The highest BCUT2D eigenvalue weighted by Gasteiger charge is 2.10. The molecule has 0 saturated heterocycles. The molecule has 74 valence electrons. The van der Waals surface area contributed by atoms with Crippen LogP contribution in [-0.2, 0) is 13.5 Å². The Hall–Kier alpha value is -1.36. The molecule has 0 atom stereocenters.